The van der Waals surface area contributed by atoms with Gasteiger partial charge in [0.15, 0.2) is 0 Å². The Balaban J connectivity index is 1.26. The van der Waals surface area contributed by atoms with E-state index in [1.165, 1.54) is 0 Å². The number of oxime groups is 1. The Morgan fingerprint density at radius 2 is 1.96 bits per heavy atom. The number of likely N-dealkylation sites (tertiary alicyclic amines) is 2. The van der Waals surface area contributed by atoms with Crippen molar-refractivity contribution in [1.29, 1.82) is 0 Å². The van der Waals surface area contributed by atoms with Gasteiger partial charge in [0.1, 0.15) is 6.10 Å². The fraction of sp³-hybridized carbons (Fsp3) is 0.619. The number of carbonyl (C=O) groups excluding carboxylic acids is 1. The fourth-order valence-electron chi connectivity index (χ4n) is 4.66. The summed E-state index contributed by atoms with van der Waals surface area (Å²) >= 11 is 0. The van der Waals surface area contributed by atoms with E-state index in [1.54, 1.807) is 0 Å². The van der Waals surface area contributed by atoms with E-state index >= 15 is 0 Å². The van der Waals surface area contributed by atoms with Crippen LogP contribution >= 0.6 is 0 Å². The lowest BCUT2D eigenvalue weighted by molar-refractivity contribution is -0.139. The predicted molar refractivity (Wildman–Crippen MR) is 103 cm³/mol. The molecule has 2 saturated heterocycles. The van der Waals surface area contributed by atoms with Crippen LogP contribution in [0.2, 0.25) is 0 Å². The molecule has 2 fully saturated rings. The zero-order valence-corrected chi connectivity index (χ0v) is 15.8. The van der Waals surface area contributed by atoms with Crippen LogP contribution in [0.5, 0.6) is 0 Å². The second kappa shape index (κ2) is 7.98. The molecule has 4 rings (SSSR count). The molecule has 0 radical (unpaired) electrons. The number of carbonyl (C=O) groups is 1. The highest BCUT2D eigenvalue weighted by Gasteiger charge is 2.41. The SMILES string of the molecule is O=C1CCC2(CCN(C[C@@H]3CC(c4ccccc4)=NO3)CC2)CN1CCO. The molecule has 27 heavy (non-hydrogen) atoms. The summed E-state index contributed by atoms with van der Waals surface area (Å²) in [5.41, 5.74) is 2.43. The van der Waals surface area contributed by atoms with Gasteiger partial charge in [-0.25, -0.2) is 0 Å². The zero-order chi connectivity index (χ0) is 18.7. The van der Waals surface area contributed by atoms with Crippen molar-refractivity contribution in [3.63, 3.8) is 0 Å². The molecule has 1 aromatic carbocycles. The van der Waals surface area contributed by atoms with Gasteiger partial charge in [0.05, 0.1) is 12.3 Å². The smallest absolute Gasteiger partial charge is 0.222 e. The number of amides is 1. The van der Waals surface area contributed by atoms with E-state index in [0.29, 0.717) is 13.0 Å². The first kappa shape index (κ1) is 18.4. The Hall–Kier alpha value is -1.92. The molecule has 1 aromatic rings. The summed E-state index contributed by atoms with van der Waals surface area (Å²) in [5, 5.41) is 13.5. The highest BCUT2D eigenvalue weighted by molar-refractivity contribution is 6.01. The average Bonchev–Trinajstić information content (AvgIpc) is 3.16. The summed E-state index contributed by atoms with van der Waals surface area (Å²) in [5.74, 6) is 0.196. The van der Waals surface area contributed by atoms with Gasteiger partial charge in [-0.3, -0.25) is 9.69 Å². The third-order valence-corrected chi connectivity index (χ3v) is 6.34. The van der Waals surface area contributed by atoms with Gasteiger partial charge in [-0.2, -0.15) is 0 Å². The van der Waals surface area contributed by atoms with Crippen molar-refractivity contribution < 1.29 is 14.7 Å². The highest BCUT2D eigenvalue weighted by atomic mass is 16.6. The van der Waals surface area contributed by atoms with Crippen LogP contribution in [-0.2, 0) is 9.63 Å². The van der Waals surface area contributed by atoms with Gasteiger partial charge in [0, 0.05) is 32.5 Å². The number of nitrogens with zero attached hydrogens (tertiary/aromatic N) is 3. The van der Waals surface area contributed by atoms with E-state index in [1.807, 2.05) is 23.1 Å². The molecular weight excluding hydrogens is 342 g/mol. The van der Waals surface area contributed by atoms with Crippen LogP contribution in [0, 0.1) is 5.41 Å². The molecule has 146 valence electrons. The normalized spacial score (nSPS) is 25.5. The van der Waals surface area contributed by atoms with E-state index in [-0.39, 0.29) is 24.0 Å². The molecule has 1 atom stereocenters. The lowest BCUT2D eigenvalue weighted by atomic mass is 9.72. The lowest BCUT2D eigenvalue weighted by Gasteiger charge is -2.47. The van der Waals surface area contributed by atoms with Crippen molar-refractivity contribution in [3.8, 4) is 0 Å². The van der Waals surface area contributed by atoms with Crippen LogP contribution in [0.1, 0.15) is 37.7 Å². The predicted octanol–water partition coefficient (Wildman–Crippen LogP) is 1.88. The summed E-state index contributed by atoms with van der Waals surface area (Å²) in [6, 6.07) is 10.2. The Labute approximate surface area is 160 Å². The van der Waals surface area contributed by atoms with Crippen molar-refractivity contribution in [3.05, 3.63) is 35.9 Å². The molecule has 3 heterocycles. The van der Waals surface area contributed by atoms with E-state index in [0.717, 1.165) is 63.1 Å². The summed E-state index contributed by atoms with van der Waals surface area (Å²) in [6.45, 7) is 4.33. The minimum atomic E-state index is 0.0523. The topological polar surface area (TPSA) is 65.4 Å². The summed E-state index contributed by atoms with van der Waals surface area (Å²) < 4.78 is 0. The van der Waals surface area contributed by atoms with Gasteiger partial charge in [-0.1, -0.05) is 35.5 Å². The van der Waals surface area contributed by atoms with Crippen LogP contribution < -0.4 is 0 Å². The van der Waals surface area contributed by atoms with E-state index < -0.39 is 0 Å². The Kier molecular flexibility index (Phi) is 5.45. The van der Waals surface area contributed by atoms with E-state index in [9.17, 15) is 9.90 Å². The molecule has 0 aromatic heterocycles. The number of aliphatic hydroxyl groups is 1. The van der Waals surface area contributed by atoms with Crippen molar-refractivity contribution in [2.45, 2.75) is 38.2 Å². The standard InChI is InChI=1S/C21H29N3O3/c25-13-12-24-16-21(7-6-20(24)26)8-10-23(11-9-21)15-18-14-19(22-27-18)17-4-2-1-3-5-17/h1-5,18,25H,6-16H2/t18-/m0/s1. The van der Waals surface area contributed by atoms with Gasteiger partial charge < -0.3 is 14.8 Å². The molecule has 0 unspecified atom stereocenters. The van der Waals surface area contributed by atoms with Crippen molar-refractivity contribution in [1.82, 2.24) is 9.80 Å². The fourth-order valence-corrected chi connectivity index (χ4v) is 4.66. The summed E-state index contributed by atoms with van der Waals surface area (Å²) in [7, 11) is 0. The van der Waals surface area contributed by atoms with Crippen LogP contribution in [0.25, 0.3) is 0 Å². The maximum absolute atomic E-state index is 12.0. The maximum Gasteiger partial charge on any atom is 0.222 e. The van der Waals surface area contributed by atoms with Crippen molar-refractivity contribution in [2.24, 2.45) is 10.6 Å². The Bertz CT molecular complexity index is 683. The van der Waals surface area contributed by atoms with Crippen LogP contribution in [-0.4, -0.2) is 72.0 Å². The number of rotatable bonds is 5. The number of benzene rings is 1. The quantitative estimate of drug-likeness (QED) is 0.858. The van der Waals surface area contributed by atoms with E-state index in [2.05, 4.69) is 22.2 Å². The van der Waals surface area contributed by atoms with Gasteiger partial charge in [0.25, 0.3) is 0 Å². The maximum atomic E-state index is 12.0. The lowest BCUT2D eigenvalue weighted by Crippen LogP contribution is -2.52. The molecule has 0 saturated carbocycles. The summed E-state index contributed by atoms with van der Waals surface area (Å²) in [6.07, 6.45) is 4.84. The van der Waals surface area contributed by atoms with Crippen molar-refractivity contribution >= 4 is 11.6 Å². The average molecular weight is 371 g/mol. The Morgan fingerprint density at radius 3 is 2.70 bits per heavy atom. The molecule has 6 heteroatoms. The first-order valence-corrected chi connectivity index (χ1v) is 10.1. The molecular formula is C21H29N3O3. The molecule has 3 aliphatic heterocycles. The van der Waals surface area contributed by atoms with Gasteiger partial charge in [0.2, 0.25) is 5.91 Å². The Morgan fingerprint density at radius 1 is 1.19 bits per heavy atom. The number of hydrogen-bond donors (Lipinski definition) is 1. The van der Waals surface area contributed by atoms with Gasteiger partial charge in [-0.05, 0) is 43.3 Å². The first-order chi connectivity index (χ1) is 13.2. The van der Waals surface area contributed by atoms with Crippen LogP contribution in [0.15, 0.2) is 35.5 Å². The molecule has 3 aliphatic rings. The van der Waals surface area contributed by atoms with Crippen molar-refractivity contribution in [2.75, 3.05) is 39.3 Å². The van der Waals surface area contributed by atoms with E-state index in [4.69, 9.17) is 4.84 Å². The number of β-amino-alcohol motifs (C(OH)–C–C–N with tert-alkyl or cyclic N) is 1. The van der Waals surface area contributed by atoms with Crippen LogP contribution in [0.4, 0.5) is 0 Å². The molecule has 0 aliphatic carbocycles. The first-order valence-electron chi connectivity index (χ1n) is 10.1. The molecule has 1 N–H and O–H groups in total. The molecule has 1 spiro atoms. The largest absolute Gasteiger partial charge is 0.395 e. The van der Waals surface area contributed by atoms with Crippen LogP contribution in [0.3, 0.4) is 0 Å². The van der Waals surface area contributed by atoms with Gasteiger partial charge >= 0.3 is 0 Å². The second-order valence-corrected chi connectivity index (χ2v) is 8.18. The molecule has 6 nitrogen and oxygen atoms in total. The minimum absolute atomic E-state index is 0.0523. The number of aliphatic hydroxyl groups excluding tert-OH is 1. The molecule has 0 bridgehead atoms. The van der Waals surface area contributed by atoms with Gasteiger partial charge in [-0.15, -0.1) is 0 Å². The molecule has 1 amide bonds. The second-order valence-electron chi connectivity index (χ2n) is 8.18. The number of hydrogen-bond acceptors (Lipinski definition) is 5. The highest BCUT2D eigenvalue weighted by Crippen LogP contribution is 2.40. The number of piperidine rings is 2. The summed E-state index contributed by atoms with van der Waals surface area (Å²) in [4.78, 5) is 22.1. The zero-order valence-electron chi connectivity index (χ0n) is 15.8. The third-order valence-electron chi connectivity index (χ3n) is 6.34. The monoisotopic (exact) mass is 371 g/mol. The minimum Gasteiger partial charge on any atom is -0.395 e. The third kappa shape index (κ3) is 4.17.